The van der Waals surface area contributed by atoms with Crippen molar-refractivity contribution in [2.24, 2.45) is 15.9 Å². The van der Waals surface area contributed by atoms with Gasteiger partial charge in [0.2, 0.25) is 0 Å². The third-order valence-corrected chi connectivity index (χ3v) is 4.53. The summed E-state index contributed by atoms with van der Waals surface area (Å²) in [7, 11) is 0. The molecule has 6 heteroatoms. The van der Waals surface area contributed by atoms with E-state index in [1.165, 1.54) is 12.8 Å². The van der Waals surface area contributed by atoms with Gasteiger partial charge >= 0.3 is 0 Å². The van der Waals surface area contributed by atoms with Crippen LogP contribution in [0.3, 0.4) is 0 Å². The molecule has 18 heavy (non-hydrogen) atoms. The van der Waals surface area contributed by atoms with Crippen molar-refractivity contribution < 1.29 is 0 Å². The molecule has 0 aromatic heterocycles. The molecule has 1 saturated carbocycles. The summed E-state index contributed by atoms with van der Waals surface area (Å²) in [5.74, 6) is 1.21. The van der Waals surface area contributed by atoms with E-state index in [4.69, 9.17) is 10.3 Å². The molecule has 0 radical (unpaired) electrons. The van der Waals surface area contributed by atoms with Gasteiger partial charge < -0.3 is 0 Å². The average Bonchev–Trinajstić information content (AvgIpc) is 2.93. The van der Waals surface area contributed by atoms with Gasteiger partial charge in [0.05, 0.1) is 6.20 Å². The van der Waals surface area contributed by atoms with Crippen LogP contribution in [0.5, 0.6) is 0 Å². The quantitative estimate of drug-likeness (QED) is 0.723. The number of hydrogen-bond donors (Lipinski definition) is 1. The Morgan fingerprint density at radius 2 is 2.50 bits per heavy atom. The second-order valence-corrected chi connectivity index (χ2v) is 5.64. The number of rotatable bonds is 0. The molecule has 1 aliphatic carbocycles. The number of nitrogens with zero attached hydrogens (tertiary/aromatic N) is 4. The van der Waals surface area contributed by atoms with Gasteiger partial charge in [0.1, 0.15) is 17.3 Å². The van der Waals surface area contributed by atoms with Gasteiger partial charge in [-0.1, -0.05) is 18.7 Å². The van der Waals surface area contributed by atoms with Crippen molar-refractivity contribution in [3.05, 3.63) is 11.8 Å². The monoisotopic (exact) mass is 261 g/mol. The summed E-state index contributed by atoms with van der Waals surface area (Å²) in [5, 5.41) is 11.9. The molecule has 2 atom stereocenters. The number of amidine groups is 2. The molecule has 0 bridgehead atoms. The third-order valence-electron chi connectivity index (χ3n) is 3.87. The molecule has 0 aromatic rings. The molecule has 0 saturated heterocycles. The van der Waals surface area contributed by atoms with Gasteiger partial charge in [0, 0.05) is 0 Å². The SMILES string of the molecule is CSC1=NC=C(C#N)C2=NC3(CCCC3C)NN12. The van der Waals surface area contributed by atoms with E-state index in [0.29, 0.717) is 11.5 Å². The Balaban J connectivity index is 2.03. The highest BCUT2D eigenvalue weighted by Gasteiger charge is 2.48. The van der Waals surface area contributed by atoms with Crippen LogP contribution in [0.1, 0.15) is 26.2 Å². The minimum atomic E-state index is -0.230. The zero-order chi connectivity index (χ0) is 12.8. The zero-order valence-electron chi connectivity index (χ0n) is 10.5. The molecule has 2 unspecified atom stereocenters. The lowest BCUT2D eigenvalue weighted by atomic mass is 10.0. The lowest BCUT2D eigenvalue weighted by Crippen LogP contribution is -2.52. The topological polar surface area (TPSA) is 63.8 Å². The van der Waals surface area contributed by atoms with Crippen LogP contribution in [-0.2, 0) is 0 Å². The lowest BCUT2D eigenvalue weighted by molar-refractivity contribution is 0.230. The summed E-state index contributed by atoms with van der Waals surface area (Å²) in [6, 6.07) is 2.17. The molecule has 3 rings (SSSR count). The van der Waals surface area contributed by atoms with E-state index in [-0.39, 0.29) is 5.66 Å². The molecule has 94 valence electrons. The fourth-order valence-corrected chi connectivity index (χ4v) is 3.26. The normalized spacial score (nSPS) is 33.9. The standard InChI is InChI=1S/C12H15N5S/c1-8-4-3-5-12(8)15-10-9(6-13)7-14-11(18-2)17(10)16-12/h7-8,16H,3-5H2,1-2H3. The van der Waals surface area contributed by atoms with Gasteiger partial charge in [0.15, 0.2) is 11.0 Å². The summed E-state index contributed by atoms with van der Waals surface area (Å²) in [6.45, 7) is 2.22. The Bertz CT molecular complexity index is 515. The molecule has 3 aliphatic rings. The van der Waals surface area contributed by atoms with E-state index >= 15 is 0 Å². The van der Waals surface area contributed by atoms with Crippen LogP contribution < -0.4 is 5.43 Å². The molecular weight excluding hydrogens is 246 g/mol. The highest BCUT2D eigenvalue weighted by molar-refractivity contribution is 8.13. The van der Waals surface area contributed by atoms with E-state index in [2.05, 4.69) is 23.4 Å². The van der Waals surface area contributed by atoms with Crippen molar-refractivity contribution in [3.8, 4) is 6.07 Å². The molecule has 0 aromatic carbocycles. The van der Waals surface area contributed by atoms with Crippen LogP contribution in [0, 0.1) is 17.2 Å². The summed E-state index contributed by atoms with van der Waals surface area (Å²) in [4.78, 5) is 9.12. The smallest absolute Gasteiger partial charge is 0.184 e. The Kier molecular flexibility index (Phi) is 2.68. The fraction of sp³-hybridized carbons (Fsp3) is 0.583. The van der Waals surface area contributed by atoms with Crippen molar-refractivity contribution in [2.75, 3.05) is 6.26 Å². The van der Waals surface area contributed by atoms with Crippen LogP contribution in [0.4, 0.5) is 0 Å². The van der Waals surface area contributed by atoms with Crippen molar-refractivity contribution in [2.45, 2.75) is 31.8 Å². The van der Waals surface area contributed by atoms with Gasteiger partial charge in [-0.2, -0.15) is 10.7 Å². The van der Waals surface area contributed by atoms with Crippen LogP contribution >= 0.6 is 11.8 Å². The minimum absolute atomic E-state index is 0.230. The molecule has 1 N–H and O–H groups in total. The lowest BCUT2D eigenvalue weighted by Gasteiger charge is -2.29. The largest absolute Gasteiger partial charge is 0.241 e. The number of hydrogen-bond acceptors (Lipinski definition) is 6. The van der Waals surface area contributed by atoms with Crippen LogP contribution in [0.15, 0.2) is 21.8 Å². The number of fused-ring (bicyclic) bond motifs is 1. The number of hydrazine groups is 1. The highest BCUT2D eigenvalue weighted by Crippen LogP contribution is 2.41. The van der Waals surface area contributed by atoms with Gasteiger partial charge in [-0.25, -0.2) is 15.0 Å². The van der Waals surface area contributed by atoms with E-state index in [1.807, 2.05) is 11.3 Å². The summed E-state index contributed by atoms with van der Waals surface area (Å²) >= 11 is 1.56. The van der Waals surface area contributed by atoms with Crippen LogP contribution in [0.2, 0.25) is 0 Å². The number of nitrogens with one attached hydrogen (secondary N) is 1. The minimum Gasteiger partial charge on any atom is -0.241 e. The fourth-order valence-electron chi connectivity index (χ4n) is 2.78. The van der Waals surface area contributed by atoms with E-state index < -0.39 is 0 Å². The predicted molar refractivity (Wildman–Crippen MR) is 72.8 cm³/mol. The Hall–Kier alpha value is -1.32. The maximum atomic E-state index is 9.16. The second-order valence-electron chi connectivity index (χ2n) is 4.87. The third kappa shape index (κ3) is 1.51. The molecule has 1 fully saturated rings. The molecule has 1 spiro atoms. The summed E-state index contributed by atoms with van der Waals surface area (Å²) in [6.07, 6.45) is 6.97. The summed E-state index contributed by atoms with van der Waals surface area (Å²) in [5.41, 5.74) is 3.78. The first-order chi connectivity index (χ1) is 8.70. The molecule has 0 amide bonds. The molecular formula is C12H15N5S. The zero-order valence-corrected chi connectivity index (χ0v) is 11.3. The van der Waals surface area contributed by atoms with Crippen molar-refractivity contribution in [3.63, 3.8) is 0 Å². The van der Waals surface area contributed by atoms with E-state index in [9.17, 15) is 0 Å². The van der Waals surface area contributed by atoms with Gasteiger partial charge in [-0.15, -0.1) is 0 Å². The van der Waals surface area contributed by atoms with Crippen LogP contribution in [0.25, 0.3) is 0 Å². The van der Waals surface area contributed by atoms with Crippen molar-refractivity contribution in [1.29, 1.82) is 5.26 Å². The predicted octanol–water partition coefficient (Wildman–Crippen LogP) is 1.86. The van der Waals surface area contributed by atoms with Crippen molar-refractivity contribution >= 4 is 22.8 Å². The van der Waals surface area contributed by atoms with Gasteiger partial charge in [-0.3, -0.25) is 0 Å². The maximum absolute atomic E-state index is 9.16. The summed E-state index contributed by atoms with van der Waals surface area (Å²) < 4.78 is 0. The van der Waals surface area contributed by atoms with E-state index in [1.54, 1.807) is 18.0 Å². The Labute approximate surface area is 111 Å². The first kappa shape index (κ1) is 11.8. The highest BCUT2D eigenvalue weighted by atomic mass is 32.2. The maximum Gasteiger partial charge on any atom is 0.184 e. The van der Waals surface area contributed by atoms with Gasteiger partial charge in [0.25, 0.3) is 0 Å². The molecule has 5 nitrogen and oxygen atoms in total. The number of thioether (sulfide) groups is 1. The first-order valence-electron chi connectivity index (χ1n) is 6.10. The van der Waals surface area contributed by atoms with E-state index in [0.717, 1.165) is 17.4 Å². The number of nitriles is 1. The second kappa shape index (κ2) is 4.11. The average molecular weight is 261 g/mol. The first-order valence-corrected chi connectivity index (χ1v) is 7.33. The Morgan fingerprint density at radius 1 is 1.67 bits per heavy atom. The van der Waals surface area contributed by atoms with Crippen LogP contribution in [-0.4, -0.2) is 27.9 Å². The van der Waals surface area contributed by atoms with Crippen molar-refractivity contribution in [1.82, 2.24) is 10.4 Å². The Morgan fingerprint density at radius 3 is 3.11 bits per heavy atom. The number of aliphatic imine (C=N–C) groups is 2. The van der Waals surface area contributed by atoms with Gasteiger partial charge in [-0.05, 0) is 31.4 Å². The molecule has 2 aliphatic heterocycles. The molecule has 2 heterocycles.